The molecule has 0 atom stereocenters. The van der Waals surface area contributed by atoms with Crippen LogP contribution in [0.5, 0.6) is 0 Å². The summed E-state index contributed by atoms with van der Waals surface area (Å²) in [5, 5.41) is 8.96. The molecule has 1 fully saturated rings. The van der Waals surface area contributed by atoms with E-state index in [-0.39, 0.29) is 5.91 Å². The Kier molecular flexibility index (Phi) is 4.34. The van der Waals surface area contributed by atoms with Crippen molar-refractivity contribution in [1.82, 2.24) is 15.1 Å². The van der Waals surface area contributed by atoms with Crippen LogP contribution >= 0.6 is 11.3 Å². The van der Waals surface area contributed by atoms with Gasteiger partial charge in [0, 0.05) is 11.4 Å². The quantitative estimate of drug-likeness (QED) is 0.737. The van der Waals surface area contributed by atoms with Gasteiger partial charge in [-0.25, -0.2) is 4.68 Å². The molecule has 2 aromatic heterocycles. The van der Waals surface area contributed by atoms with Gasteiger partial charge in [-0.2, -0.15) is 5.10 Å². The SMILES string of the molecule is Cc1cccc(-n2nc(C)c3cc(C(=O)NC4CCCCC4)sc32)c1. The van der Waals surface area contributed by atoms with Gasteiger partial charge in [0.15, 0.2) is 0 Å². The van der Waals surface area contributed by atoms with Gasteiger partial charge < -0.3 is 5.32 Å². The molecule has 0 radical (unpaired) electrons. The summed E-state index contributed by atoms with van der Waals surface area (Å²) in [6.07, 6.45) is 5.94. The van der Waals surface area contributed by atoms with Crippen LogP contribution in [0.2, 0.25) is 0 Å². The number of aromatic nitrogens is 2. The first-order valence-corrected chi connectivity index (χ1v) is 9.80. The fourth-order valence-corrected chi connectivity index (χ4v) is 4.68. The smallest absolute Gasteiger partial charge is 0.261 e. The Morgan fingerprint density at radius 2 is 2.00 bits per heavy atom. The number of aryl methyl sites for hydroxylation is 2. The Morgan fingerprint density at radius 3 is 2.76 bits per heavy atom. The predicted octanol–water partition coefficient (Wildman–Crippen LogP) is 4.77. The maximum Gasteiger partial charge on any atom is 0.261 e. The zero-order chi connectivity index (χ0) is 17.4. The Bertz CT molecular complexity index is 918. The lowest BCUT2D eigenvalue weighted by molar-refractivity contribution is 0.0932. The van der Waals surface area contributed by atoms with Gasteiger partial charge in [-0.3, -0.25) is 4.79 Å². The van der Waals surface area contributed by atoms with Crippen LogP contribution in [0.15, 0.2) is 30.3 Å². The van der Waals surface area contributed by atoms with E-state index in [0.29, 0.717) is 6.04 Å². The van der Waals surface area contributed by atoms with Crippen molar-refractivity contribution in [2.45, 2.75) is 52.0 Å². The number of benzene rings is 1. The summed E-state index contributed by atoms with van der Waals surface area (Å²) in [5.41, 5.74) is 3.20. The van der Waals surface area contributed by atoms with Crippen molar-refractivity contribution < 1.29 is 4.79 Å². The molecule has 0 spiro atoms. The number of amides is 1. The third kappa shape index (κ3) is 3.21. The lowest BCUT2D eigenvalue weighted by atomic mass is 9.95. The molecule has 2 heterocycles. The van der Waals surface area contributed by atoms with Crippen molar-refractivity contribution in [3.05, 3.63) is 46.5 Å². The van der Waals surface area contributed by atoms with E-state index < -0.39 is 0 Å². The standard InChI is InChI=1S/C20H23N3OS/c1-13-7-6-10-16(11-13)23-20-17(14(2)22-23)12-18(25-20)19(24)21-15-8-4-3-5-9-15/h6-7,10-12,15H,3-5,8-9H2,1-2H3,(H,21,24). The summed E-state index contributed by atoms with van der Waals surface area (Å²) >= 11 is 1.53. The third-order valence-electron chi connectivity index (χ3n) is 4.96. The highest BCUT2D eigenvalue weighted by Gasteiger charge is 2.20. The molecule has 0 saturated heterocycles. The maximum absolute atomic E-state index is 12.7. The van der Waals surface area contributed by atoms with E-state index in [9.17, 15) is 4.79 Å². The molecule has 1 amide bonds. The van der Waals surface area contributed by atoms with Gasteiger partial charge in [0.25, 0.3) is 5.91 Å². The average molecular weight is 353 g/mol. The van der Waals surface area contributed by atoms with Crippen molar-refractivity contribution in [3.8, 4) is 5.69 Å². The minimum Gasteiger partial charge on any atom is -0.349 e. The molecule has 4 rings (SSSR count). The number of hydrogen-bond donors (Lipinski definition) is 1. The molecule has 130 valence electrons. The van der Waals surface area contributed by atoms with Crippen LogP contribution in [0.1, 0.15) is 53.0 Å². The molecule has 1 aromatic carbocycles. The van der Waals surface area contributed by atoms with Crippen LogP contribution in [0.3, 0.4) is 0 Å². The second-order valence-corrected chi connectivity index (χ2v) is 8.00. The second kappa shape index (κ2) is 6.64. The number of rotatable bonds is 3. The van der Waals surface area contributed by atoms with Crippen molar-refractivity contribution >= 4 is 27.5 Å². The van der Waals surface area contributed by atoms with Crippen LogP contribution in [-0.4, -0.2) is 21.7 Å². The Morgan fingerprint density at radius 1 is 1.20 bits per heavy atom. The molecule has 1 aliphatic rings. The summed E-state index contributed by atoms with van der Waals surface area (Å²) in [7, 11) is 0. The van der Waals surface area contributed by atoms with Gasteiger partial charge in [0.2, 0.25) is 0 Å². The van der Waals surface area contributed by atoms with Crippen LogP contribution in [0.25, 0.3) is 15.9 Å². The van der Waals surface area contributed by atoms with Gasteiger partial charge >= 0.3 is 0 Å². The first kappa shape index (κ1) is 16.3. The number of carbonyl (C=O) groups is 1. The van der Waals surface area contributed by atoms with Crippen LogP contribution in [0.4, 0.5) is 0 Å². The highest BCUT2D eigenvalue weighted by molar-refractivity contribution is 7.20. The van der Waals surface area contributed by atoms with Crippen molar-refractivity contribution in [3.63, 3.8) is 0 Å². The van der Waals surface area contributed by atoms with Crippen LogP contribution < -0.4 is 5.32 Å². The van der Waals surface area contributed by atoms with Crippen LogP contribution in [0, 0.1) is 13.8 Å². The van der Waals surface area contributed by atoms with Gasteiger partial charge in [-0.1, -0.05) is 31.4 Å². The average Bonchev–Trinajstić information content (AvgIpc) is 3.17. The number of nitrogens with one attached hydrogen (secondary N) is 1. The minimum absolute atomic E-state index is 0.0586. The molecule has 1 saturated carbocycles. The van der Waals surface area contributed by atoms with E-state index >= 15 is 0 Å². The largest absolute Gasteiger partial charge is 0.349 e. The lowest BCUT2D eigenvalue weighted by Gasteiger charge is -2.22. The van der Waals surface area contributed by atoms with Crippen molar-refractivity contribution in [2.75, 3.05) is 0 Å². The monoisotopic (exact) mass is 353 g/mol. The van der Waals surface area contributed by atoms with E-state index in [4.69, 9.17) is 0 Å². The maximum atomic E-state index is 12.7. The molecule has 3 aromatic rings. The molecule has 25 heavy (non-hydrogen) atoms. The molecule has 0 bridgehead atoms. The van der Waals surface area contributed by atoms with Crippen molar-refractivity contribution in [2.24, 2.45) is 0 Å². The van der Waals surface area contributed by atoms with E-state index in [1.807, 2.05) is 23.7 Å². The van der Waals surface area contributed by atoms with Gasteiger partial charge in [-0.05, 0) is 50.5 Å². The van der Waals surface area contributed by atoms with E-state index in [1.54, 1.807) is 0 Å². The van der Waals surface area contributed by atoms with E-state index in [0.717, 1.165) is 39.3 Å². The van der Waals surface area contributed by atoms with Crippen LogP contribution in [-0.2, 0) is 0 Å². The summed E-state index contributed by atoms with van der Waals surface area (Å²) in [6.45, 7) is 4.08. The Hall–Kier alpha value is -2.14. The first-order chi connectivity index (χ1) is 12.1. The fraction of sp³-hybridized carbons (Fsp3) is 0.400. The normalized spacial score (nSPS) is 15.6. The molecule has 1 N–H and O–H groups in total. The van der Waals surface area contributed by atoms with E-state index in [2.05, 4.69) is 35.5 Å². The number of thiophene rings is 1. The molecule has 1 aliphatic carbocycles. The molecular formula is C20H23N3OS. The third-order valence-corrected chi connectivity index (χ3v) is 6.06. The molecule has 4 nitrogen and oxygen atoms in total. The number of hydrogen-bond acceptors (Lipinski definition) is 3. The highest BCUT2D eigenvalue weighted by Crippen LogP contribution is 2.31. The van der Waals surface area contributed by atoms with E-state index in [1.165, 1.54) is 36.2 Å². The zero-order valence-electron chi connectivity index (χ0n) is 14.7. The molecule has 0 aliphatic heterocycles. The summed E-state index contributed by atoms with van der Waals surface area (Å²) < 4.78 is 1.96. The number of nitrogens with zero attached hydrogens (tertiary/aromatic N) is 2. The number of carbonyl (C=O) groups excluding carboxylic acids is 1. The molecule has 0 unspecified atom stereocenters. The zero-order valence-corrected chi connectivity index (χ0v) is 15.5. The van der Waals surface area contributed by atoms with Gasteiger partial charge in [0.05, 0.1) is 16.3 Å². The molecular weight excluding hydrogens is 330 g/mol. The summed E-state index contributed by atoms with van der Waals surface area (Å²) in [4.78, 5) is 14.5. The topological polar surface area (TPSA) is 46.9 Å². The molecule has 5 heteroatoms. The fourth-order valence-electron chi connectivity index (χ4n) is 3.60. The Balaban J connectivity index is 1.66. The first-order valence-electron chi connectivity index (χ1n) is 8.99. The summed E-state index contributed by atoms with van der Waals surface area (Å²) in [6, 6.07) is 10.6. The Labute approximate surface area is 151 Å². The van der Waals surface area contributed by atoms with Gasteiger partial charge in [-0.15, -0.1) is 11.3 Å². The second-order valence-electron chi connectivity index (χ2n) is 6.97. The van der Waals surface area contributed by atoms with Gasteiger partial charge in [0.1, 0.15) is 4.83 Å². The number of fused-ring (bicyclic) bond motifs is 1. The minimum atomic E-state index is 0.0586. The lowest BCUT2D eigenvalue weighted by Crippen LogP contribution is -2.35. The highest BCUT2D eigenvalue weighted by atomic mass is 32.1. The predicted molar refractivity (Wildman–Crippen MR) is 103 cm³/mol. The van der Waals surface area contributed by atoms with Crippen molar-refractivity contribution in [1.29, 1.82) is 0 Å². The summed E-state index contributed by atoms with van der Waals surface area (Å²) in [5.74, 6) is 0.0586.